The molecule has 1 aliphatic heterocycles. The monoisotopic (exact) mass is 523 g/mol. The smallest absolute Gasteiger partial charge is 0.194 e. The highest BCUT2D eigenvalue weighted by Gasteiger charge is 2.28. The number of nitrogens with zero attached hydrogens (tertiary/aromatic N) is 2. The fourth-order valence-corrected chi connectivity index (χ4v) is 3.10. The van der Waals surface area contributed by atoms with Crippen LogP contribution >= 0.6 is 24.0 Å². The fourth-order valence-electron chi connectivity index (χ4n) is 3.10. The fraction of sp³-hybridized carbons (Fsp3) is 0.667. The van der Waals surface area contributed by atoms with E-state index in [1.807, 2.05) is 13.8 Å². The van der Waals surface area contributed by atoms with Crippen molar-refractivity contribution in [2.75, 3.05) is 39.4 Å². The van der Waals surface area contributed by atoms with Crippen LogP contribution in [0.3, 0.4) is 0 Å². The van der Waals surface area contributed by atoms with E-state index >= 15 is 0 Å². The van der Waals surface area contributed by atoms with E-state index in [0.717, 1.165) is 18.1 Å². The minimum atomic E-state index is -0.640. The molecule has 0 saturated carbocycles. The normalized spacial score (nSPS) is 21.1. The Morgan fingerprint density at radius 1 is 1.31 bits per heavy atom. The van der Waals surface area contributed by atoms with Gasteiger partial charge in [-0.3, -0.25) is 4.99 Å². The molecule has 29 heavy (non-hydrogen) atoms. The zero-order chi connectivity index (χ0) is 20.5. The number of hydrogen-bond acceptors (Lipinski definition) is 4. The summed E-state index contributed by atoms with van der Waals surface area (Å²) in [5.74, 6) is 0.923. The number of nitrogens with one attached hydrogen (secondary N) is 1. The Balaban J connectivity index is 0.00000420. The number of halogens is 2. The lowest BCUT2D eigenvalue weighted by atomic mass is 10.1. The van der Waals surface area contributed by atoms with Gasteiger partial charge in [0.05, 0.1) is 31.9 Å². The van der Waals surface area contributed by atoms with E-state index in [9.17, 15) is 9.50 Å². The Labute approximate surface area is 190 Å². The van der Waals surface area contributed by atoms with Crippen molar-refractivity contribution in [3.8, 4) is 0 Å². The molecule has 1 heterocycles. The summed E-state index contributed by atoms with van der Waals surface area (Å²) >= 11 is 0. The predicted octanol–water partition coefficient (Wildman–Crippen LogP) is 3.20. The molecule has 3 atom stereocenters. The molecule has 1 saturated heterocycles. The zero-order valence-corrected chi connectivity index (χ0v) is 20.1. The third-order valence-electron chi connectivity index (χ3n) is 4.35. The Bertz CT molecular complexity index is 616. The summed E-state index contributed by atoms with van der Waals surface area (Å²) in [4.78, 5) is 6.73. The van der Waals surface area contributed by atoms with Gasteiger partial charge in [-0.25, -0.2) is 4.39 Å². The number of rotatable bonds is 8. The van der Waals surface area contributed by atoms with Gasteiger partial charge in [-0.2, -0.15) is 0 Å². The first kappa shape index (κ1) is 26.1. The van der Waals surface area contributed by atoms with Crippen LogP contribution in [0.4, 0.5) is 4.39 Å². The lowest BCUT2D eigenvalue weighted by molar-refractivity contribution is -0.0605. The summed E-state index contributed by atoms with van der Waals surface area (Å²) in [6.45, 7) is 11.4. The van der Waals surface area contributed by atoms with Crippen molar-refractivity contribution >= 4 is 29.9 Å². The largest absolute Gasteiger partial charge is 0.389 e. The Hall–Kier alpha value is -0.970. The second-order valence-corrected chi connectivity index (χ2v) is 7.67. The van der Waals surface area contributed by atoms with Crippen molar-refractivity contribution < 1.29 is 19.0 Å². The van der Waals surface area contributed by atoms with E-state index in [1.54, 1.807) is 12.1 Å². The minimum Gasteiger partial charge on any atom is -0.389 e. The first-order valence-corrected chi connectivity index (χ1v) is 10.1. The van der Waals surface area contributed by atoms with Crippen LogP contribution < -0.4 is 5.32 Å². The van der Waals surface area contributed by atoms with Gasteiger partial charge in [0.15, 0.2) is 5.96 Å². The van der Waals surface area contributed by atoms with Crippen LogP contribution in [-0.2, 0) is 9.47 Å². The van der Waals surface area contributed by atoms with Crippen LogP contribution in [0, 0.1) is 11.7 Å². The maximum absolute atomic E-state index is 13.2. The first-order valence-electron chi connectivity index (χ1n) is 10.1. The maximum atomic E-state index is 13.2. The summed E-state index contributed by atoms with van der Waals surface area (Å²) in [6, 6.07) is 6.43. The number of aliphatic hydroxyl groups is 1. The standard InChI is InChI=1S/C21H34FN3O3.HI/c1-5-23-21(24-10-19(26)14-27-13-15(2)3)25-11-16(4)28-20(12-25)17-6-8-18(22)9-7-17;/h6-9,15-16,19-20,26H,5,10-14H2,1-4H3,(H,23,24);1H. The highest BCUT2D eigenvalue weighted by atomic mass is 127. The Morgan fingerprint density at radius 2 is 2.00 bits per heavy atom. The van der Waals surface area contributed by atoms with Gasteiger partial charge in [-0.05, 0) is 37.5 Å². The van der Waals surface area contributed by atoms with Gasteiger partial charge >= 0.3 is 0 Å². The van der Waals surface area contributed by atoms with Crippen LogP contribution in [0.5, 0.6) is 0 Å². The summed E-state index contributed by atoms with van der Waals surface area (Å²) in [6.07, 6.45) is -0.793. The van der Waals surface area contributed by atoms with Gasteiger partial charge in [0.25, 0.3) is 0 Å². The van der Waals surface area contributed by atoms with Crippen LogP contribution in [0.25, 0.3) is 0 Å². The molecule has 1 aliphatic rings. The number of morpholine rings is 1. The molecule has 2 N–H and O–H groups in total. The molecule has 0 spiro atoms. The molecule has 0 amide bonds. The van der Waals surface area contributed by atoms with Crippen molar-refractivity contribution in [2.45, 2.75) is 46.0 Å². The molecule has 1 aromatic rings. The van der Waals surface area contributed by atoms with Gasteiger partial charge in [-0.15, -0.1) is 24.0 Å². The van der Waals surface area contributed by atoms with E-state index in [1.165, 1.54) is 12.1 Å². The van der Waals surface area contributed by atoms with Gasteiger partial charge in [0.2, 0.25) is 0 Å². The van der Waals surface area contributed by atoms with Crippen molar-refractivity contribution in [1.29, 1.82) is 0 Å². The average molecular weight is 523 g/mol. The summed E-state index contributed by atoms with van der Waals surface area (Å²) < 4.78 is 24.8. The lowest BCUT2D eigenvalue weighted by Gasteiger charge is -2.38. The molecular formula is C21H35FIN3O3. The first-order chi connectivity index (χ1) is 13.4. The third kappa shape index (κ3) is 9.15. The molecule has 1 aromatic carbocycles. The second kappa shape index (κ2) is 13.4. The third-order valence-corrected chi connectivity index (χ3v) is 4.35. The summed E-state index contributed by atoms with van der Waals surface area (Å²) in [5, 5.41) is 13.4. The van der Waals surface area contributed by atoms with E-state index in [2.05, 4.69) is 29.1 Å². The molecule has 1 fully saturated rings. The molecule has 3 unspecified atom stereocenters. The Kier molecular flexibility index (Phi) is 12.0. The predicted molar refractivity (Wildman–Crippen MR) is 124 cm³/mol. The second-order valence-electron chi connectivity index (χ2n) is 7.67. The molecule has 0 aliphatic carbocycles. The molecule has 166 valence electrons. The van der Waals surface area contributed by atoms with Gasteiger partial charge in [0, 0.05) is 19.7 Å². The maximum Gasteiger partial charge on any atom is 0.194 e. The molecule has 0 bridgehead atoms. The number of aliphatic hydroxyl groups excluding tert-OH is 1. The highest BCUT2D eigenvalue weighted by Crippen LogP contribution is 2.25. The molecule has 0 aromatic heterocycles. The van der Waals surface area contributed by atoms with Crippen molar-refractivity contribution in [3.63, 3.8) is 0 Å². The molecule has 2 rings (SSSR count). The van der Waals surface area contributed by atoms with E-state index in [-0.39, 0.29) is 55.2 Å². The molecular weight excluding hydrogens is 488 g/mol. The SMILES string of the molecule is CCNC(=NCC(O)COCC(C)C)N1CC(C)OC(c2ccc(F)cc2)C1.I. The quantitative estimate of drug-likeness (QED) is 0.311. The van der Waals surface area contributed by atoms with Crippen molar-refractivity contribution in [3.05, 3.63) is 35.6 Å². The highest BCUT2D eigenvalue weighted by molar-refractivity contribution is 14.0. The van der Waals surface area contributed by atoms with Crippen LogP contribution in [0.2, 0.25) is 0 Å². The van der Waals surface area contributed by atoms with Crippen LogP contribution in [0.15, 0.2) is 29.3 Å². The number of guanidine groups is 1. The summed E-state index contributed by atoms with van der Waals surface area (Å²) in [5.41, 5.74) is 0.941. The van der Waals surface area contributed by atoms with E-state index in [4.69, 9.17) is 9.47 Å². The van der Waals surface area contributed by atoms with Crippen LogP contribution in [0.1, 0.15) is 39.4 Å². The zero-order valence-electron chi connectivity index (χ0n) is 17.8. The molecule has 8 heteroatoms. The minimum absolute atomic E-state index is 0. The number of benzene rings is 1. The number of ether oxygens (including phenoxy) is 2. The van der Waals surface area contributed by atoms with Crippen molar-refractivity contribution in [1.82, 2.24) is 10.2 Å². The number of hydrogen-bond donors (Lipinski definition) is 2. The number of aliphatic imine (C=N–C) groups is 1. The van der Waals surface area contributed by atoms with Gasteiger partial charge in [0.1, 0.15) is 11.9 Å². The van der Waals surface area contributed by atoms with Gasteiger partial charge in [-0.1, -0.05) is 26.0 Å². The molecule has 0 radical (unpaired) electrons. The Morgan fingerprint density at radius 3 is 2.62 bits per heavy atom. The van der Waals surface area contributed by atoms with Crippen LogP contribution in [-0.4, -0.2) is 67.6 Å². The van der Waals surface area contributed by atoms with E-state index in [0.29, 0.717) is 25.6 Å². The average Bonchev–Trinajstić information content (AvgIpc) is 2.65. The summed E-state index contributed by atoms with van der Waals surface area (Å²) in [7, 11) is 0. The van der Waals surface area contributed by atoms with Gasteiger partial charge < -0.3 is 24.8 Å². The van der Waals surface area contributed by atoms with Crippen molar-refractivity contribution in [2.24, 2.45) is 10.9 Å². The topological polar surface area (TPSA) is 66.3 Å². The lowest BCUT2D eigenvalue weighted by Crippen LogP contribution is -2.51. The van der Waals surface area contributed by atoms with E-state index < -0.39 is 6.10 Å². The molecule has 6 nitrogen and oxygen atoms in total.